The Kier molecular flexibility index (Phi) is 3.93. The van der Waals surface area contributed by atoms with Crippen molar-refractivity contribution in [2.45, 2.75) is 6.61 Å². The molecule has 0 bridgehead atoms. The Labute approximate surface area is 100 Å². The van der Waals surface area contributed by atoms with Crippen molar-refractivity contribution in [1.82, 2.24) is 0 Å². The number of non-ortho nitro benzene ring substituents is 2. The van der Waals surface area contributed by atoms with Gasteiger partial charge in [-0.1, -0.05) is 0 Å². The molecule has 0 amide bonds. The zero-order chi connectivity index (χ0) is 13.7. The monoisotopic (exact) mass is 250 g/mol. The van der Waals surface area contributed by atoms with Gasteiger partial charge in [0.25, 0.3) is 11.4 Å². The predicted molar refractivity (Wildman–Crippen MR) is 58.4 cm³/mol. The Morgan fingerprint density at radius 1 is 1.22 bits per heavy atom. The number of carbonyl (C=O) groups excluding carboxylic acids is 1. The minimum atomic E-state index is -0.954. The van der Waals surface area contributed by atoms with Crippen molar-refractivity contribution >= 4 is 17.3 Å². The van der Waals surface area contributed by atoms with Crippen LogP contribution in [-0.2, 0) is 16.1 Å². The van der Waals surface area contributed by atoms with Gasteiger partial charge in [0.1, 0.15) is 6.61 Å². The van der Waals surface area contributed by atoms with Gasteiger partial charge in [-0.05, 0) is 0 Å². The lowest BCUT2D eigenvalue weighted by Gasteiger charge is -2.01. The molecule has 0 aliphatic heterocycles. The zero-order valence-corrected chi connectivity index (χ0v) is 8.86. The fourth-order valence-corrected chi connectivity index (χ4v) is 1.14. The second-order valence-electron chi connectivity index (χ2n) is 3.09. The SMILES string of the molecule is C#CC(=O)OCc1cc([N+](=O)[O-])cc([N+](=O)[O-])c1. The van der Waals surface area contributed by atoms with Crippen molar-refractivity contribution in [1.29, 1.82) is 0 Å². The van der Waals surface area contributed by atoms with E-state index in [-0.39, 0.29) is 12.2 Å². The van der Waals surface area contributed by atoms with Gasteiger partial charge in [-0.2, -0.15) is 0 Å². The summed E-state index contributed by atoms with van der Waals surface area (Å²) in [6.07, 6.45) is 4.75. The van der Waals surface area contributed by atoms with E-state index in [0.717, 1.165) is 18.2 Å². The van der Waals surface area contributed by atoms with Crippen LogP contribution in [0, 0.1) is 32.6 Å². The van der Waals surface area contributed by atoms with E-state index in [4.69, 9.17) is 6.42 Å². The van der Waals surface area contributed by atoms with Crippen LogP contribution in [0.5, 0.6) is 0 Å². The number of terminal acetylenes is 1. The van der Waals surface area contributed by atoms with E-state index in [2.05, 4.69) is 4.74 Å². The third-order valence-corrected chi connectivity index (χ3v) is 1.87. The maximum absolute atomic E-state index is 10.7. The fourth-order valence-electron chi connectivity index (χ4n) is 1.14. The Bertz CT molecular complexity index is 528. The first kappa shape index (κ1) is 13.1. The maximum atomic E-state index is 10.7. The van der Waals surface area contributed by atoms with E-state index >= 15 is 0 Å². The third kappa shape index (κ3) is 3.28. The van der Waals surface area contributed by atoms with Crippen molar-refractivity contribution < 1.29 is 19.4 Å². The second kappa shape index (κ2) is 5.40. The molecular weight excluding hydrogens is 244 g/mol. The van der Waals surface area contributed by atoms with Crippen molar-refractivity contribution in [3.63, 3.8) is 0 Å². The van der Waals surface area contributed by atoms with E-state index in [1.165, 1.54) is 0 Å². The Morgan fingerprint density at radius 2 is 1.72 bits per heavy atom. The van der Waals surface area contributed by atoms with Gasteiger partial charge in [-0.3, -0.25) is 20.2 Å². The van der Waals surface area contributed by atoms with E-state index in [1.807, 2.05) is 0 Å². The van der Waals surface area contributed by atoms with E-state index in [1.54, 1.807) is 5.92 Å². The summed E-state index contributed by atoms with van der Waals surface area (Å²) in [5, 5.41) is 21.1. The summed E-state index contributed by atoms with van der Waals surface area (Å²) < 4.78 is 4.53. The standard InChI is InChI=1S/C10H6N2O6/c1-2-10(13)18-6-7-3-8(11(14)15)5-9(4-7)12(16)17/h1,3-5H,6H2. The summed E-state index contributed by atoms with van der Waals surface area (Å²) in [7, 11) is 0. The molecule has 0 radical (unpaired) electrons. The molecule has 0 unspecified atom stereocenters. The number of nitro groups is 2. The molecule has 0 aliphatic rings. The minimum Gasteiger partial charge on any atom is -0.451 e. The van der Waals surface area contributed by atoms with Gasteiger partial charge in [0.15, 0.2) is 0 Å². The second-order valence-corrected chi connectivity index (χ2v) is 3.09. The average molecular weight is 250 g/mol. The highest BCUT2D eigenvalue weighted by Gasteiger charge is 2.16. The van der Waals surface area contributed by atoms with Crippen LogP contribution in [0.2, 0.25) is 0 Å². The number of benzene rings is 1. The van der Waals surface area contributed by atoms with Crippen LogP contribution in [0.3, 0.4) is 0 Å². The van der Waals surface area contributed by atoms with Crippen LogP contribution in [0.25, 0.3) is 0 Å². The lowest BCUT2D eigenvalue weighted by Crippen LogP contribution is -2.02. The Hall–Kier alpha value is -2.95. The van der Waals surface area contributed by atoms with Gasteiger partial charge in [0.05, 0.1) is 15.9 Å². The van der Waals surface area contributed by atoms with Crippen LogP contribution < -0.4 is 0 Å². The van der Waals surface area contributed by atoms with Crippen LogP contribution in [0.15, 0.2) is 18.2 Å². The molecule has 1 aromatic rings. The summed E-state index contributed by atoms with van der Waals surface area (Å²) in [6.45, 7) is -0.369. The lowest BCUT2D eigenvalue weighted by atomic mass is 10.2. The number of ether oxygens (including phenoxy) is 1. The van der Waals surface area contributed by atoms with Crippen LogP contribution >= 0.6 is 0 Å². The number of rotatable bonds is 4. The molecule has 0 saturated heterocycles. The maximum Gasteiger partial charge on any atom is 0.384 e. The number of carbonyl (C=O) groups is 1. The third-order valence-electron chi connectivity index (χ3n) is 1.87. The number of hydrogen-bond acceptors (Lipinski definition) is 6. The van der Waals surface area contributed by atoms with Crippen molar-refractivity contribution in [2.24, 2.45) is 0 Å². The van der Waals surface area contributed by atoms with Gasteiger partial charge in [-0.15, -0.1) is 6.42 Å². The average Bonchev–Trinajstić information content (AvgIpc) is 2.35. The van der Waals surface area contributed by atoms with Crippen molar-refractivity contribution in [2.75, 3.05) is 0 Å². The Morgan fingerprint density at radius 3 is 2.11 bits per heavy atom. The molecule has 8 nitrogen and oxygen atoms in total. The van der Waals surface area contributed by atoms with Crippen molar-refractivity contribution in [3.05, 3.63) is 44.0 Å². The normalized spacial score (nSPS) is 9.28. The summed E-state index contributed by atoms with van der Waals surface area (Å²) in [5.41, 5.74) is -0.814. The molecule has 0 atom stereocenters. The highest BCUT2D eigenvalue weighted by Crippen LogP contribution is 2.23. The molecule has 0 aromatic heterocycles. The first-order valence-corrected chi connectivity index (χ1v) is 4.50. The quantitative estimate of drug-likeness (QED) is 0.260. The molecular formula is C10H6N2O6. The molecule has 1 rings (SSSR count). The van der Waals surface area contributed by atoms with Gasteiger partial charge < -0.3 is 4.74 Å². The lowest BCUT2D eigenvalue weighted by molar-refractivity contribution is -0.394. The molecule has 0 saturated carbocycles. The highest BCUT2D eigenvalue weighted by molar-refractivity contribution is 5.87. The predicted octanol–water partition coefficient (Wildman–Crippen LogP) is 1.18. The van der Waals surface area contributed by atoms with Crippen molar-refractivity contribution in [3.8, 4) is 12.3 Å². The first-order valence-electron chi connectivity index (χ1n) is 4.50. The molecule has 1 aromatic carbocycles. The van der Waals surface area contributed by atoms with Crippen LogP contribution in [0.1, 0.15) is 5.56 Å². The number of esters is 1. The van der Waals surface area contributed by atoms with Gasteiger partial charge in [-0.25, -0.2) is 4.79 Å². The highest BCUT2D eigenvalue weighted by atomic mass is 16.6. The molecule has 0 heterocycles. The summed E-state index contributed by atoms with van der Waals surface area (Å²) in [5.74, 6) is 0.727. The summed E-state index contributed by atoms with van der Waals surface area (Å²) >= 11 is 0. The van der Waals surface area contributed by atoms with Crippen LogP contribution in [-0.4, -0.2) is 15.8 Å². The van der Waals surface area contributed by atoms with Gasteiger partial charge in [0.2, 0.25) is 0 Å². The van der Waals surface area contributed by atoms with Gasteiger partial charge in [0, 0.05) is 23.6 Å². The molecule has 0 aliphatic carbocycles. The number of nitro benzene ring substituents is 2. The number of nitrogens with zero attached hydrogens (tertiary/aromatic N) is 2. The molecule has 8 heteroatoms. The first-order chi connectivity index (χ1) is 8.43. The summed E-state index contributed by atoms with van der Waals surface area (Å²) in [6, 6.07) is 2.94. The van der Waals surface area contributed by atoms with Gasteiger partial charge >= 0.3 is 5.97 Å². The molecule has 18 heavy (non-hydrogen) atoms. The number of hydrogen-bond donors (Lipinski definition) is 0. The Balaban J connectivity index is 3.04. The van der Waals surface area contributed by atoms with Crippen LogP contribution in [0.4, 0.5) is 11.4 Å². The minimum absolute atomic E-state index is 0.111. The summed E-state index contributed by atoms with van der Waals surface area (Å²) in [4.78, 5) is 30.3. The molecule has 92 valence electrons. The van der Waals surface area contributed by atoms with E-state index < -0.39 is 27.2 Å². The molecule has 0 N–H and O–H groups in total. The largest absolute Gasteiger partial charge is 0.451 e. The van der Waals surface area contributed by atoms with E-state index in [9.17, 15) is 25.0 Å². The zero-order valence-electron chi connectivity index (χ0n) is 8.86. The molecule has 0 fully saturated rings. The fraction of sp³-hybridized carbons (Fsp3) is 0.100. The smallest absolute Gasteiger partial charge is 0.384 e. The topological polar surface area (TPSA) is 113 Å². The molecule has 0 spiro atoms. The van der Waals surface area contributed by atoms with E-state index in [0.29, 0.717) is 0 Å².